The minimum Gasteiger partial charge on any atom is -0.497 e. The third kappa shape index (κ3) is 1.38. The molecule has 2 fully saturated rings. The van der Waals surface area contributed by atoms with Gasteiger partial charge < -0.3 is 9.64 Å². The first-order chi connectivity index (χ1) is 9.65. The van der Waals surface area contributed by atoms with Gasteiger partial charge in [0, 0.05) is 13.0 Å². The highest BCUT2D eigenvalue weighted by Gasteiger charge is 2.59. The Labute approximate surface area is 119 Å². The summed E-state index contributed by atoms with van der Waals surface area (Å²) in [6, 6.07) is 6.44. The molecule has 1 aromatic rings. The number of amides is 1. The summed E-state index contributed by atoms with van der Waals surface area (Å²) in [6.45, 7) is 3.20. The van der Waals surface area contributed by atoms with E-state index in [0.29, 0.717) is 17.7 Å². The Morgan fingerprint density at radius 2 is 2.25 bits per heavy atom. The van der Waals surface area contributed by atoms with Crippen molar-refractivity contribution in [1.29, 1.82) is 0 Å². The predicted molar refractivity (Wildman–Crippen MR) is 76.6 cm³/mol. The molecule has 1 spiro atoms. The molecule has 106 valence electrons. The molecule has 0 radical (unpaired) electrons. The van der Waals surface area contributed by atoms with Gasteiger partial charge in [0.05, 0.1) is 12.6 Å². The fourth-order valence-electron chi connectivity index (χ4n) is 4.95. The lowest BCUT2D eigenvalue weighted by Crippen LogP contribution is -2.49. The zero-order valence-electron chi connectivity index (χ0n) is 12.2. The molecule has 1 amide bonds. The van der Waals surface area contributed by atoms with Gasteiger partial charge in [0.1, 0.15) is 5.75 Å². The van der Waals surface area contributed by atoms with Crippen molar-refractivity contribution in [1.82, 2.24) is 4.90 Å². The summed E-state index contributed by atoms with van der Waals surface area (Å²) < 4.78 is 5.36. The van der Waals surface area contributed by atoms with E-state index < -0.39 is 0 Å². The number of methoxy groups -OCH3 is 1. The van der Waals surface area contributed by atoms with Gasteiger partial charge in [-0.15, -0.1) is 0 Å². The van der Waals surface area contributed by atoms with E-state index in [0.717, 1.165) is 31.6 Å². The van der Waals surface area contributed by atoms with Crippen LogP contribution in [0.3, 0.4) is 0 Å². The first-order valence-corrected chi connectivity index (χ1v) is 7.63. The van der Waals surface area contributed by atoms with E-state index in [9.17, 15) is 4.79 Å². The molecule has 1 aromatic carbocycles. The summed E-state index contributed by atoms with van der Waals surface area (Å²) in [5.41, 5.74) is 2.77. The lowest BCUT2D eigenvalue weighted by atomic mass is 9.76. The number of nitrogens with zero attached hydrogens (tertiary/aromatic N) is 1. The van der Waals surface area contributed by atoms with Crippen molar-refractivity contribution in [3.8, 4) is 5.75 Å². The number of hydrogen-bond acceptors (Lipinski definition) is 2. The number of carbonyl (C=O) groups is 1. The molecule has 0 bridgehead atoms. The van der Waals surface area contributed by atoms with Crippen LogP contribution < -0.4 is 4.74 Å². The Kier molecular flexibility index (Phi) is 2.45. The number of ether oxygens (including phenoxy) is 1. The van der Waals surface area contributed by atoms with Gasteiger partial charge in [-0.2, -0.15) is 0 Å². The van der Waals surface area contributed by atoms with Crippen LogP contribution in [-0.4, -0.2) is 24.5 Å². The summed E-state index contributed by atoms with van der Waals surface area (Å²) in [6.07, 6.45) is 4.02. The van der Waals surface area contributed by atoms with Crippen LogP contribution in [0.2, 0.25) is 0 Å². The van der Waals surface area contributed by atoms with Crippen LogP contribution in [0.4, 0.5) is 0 Å². The van der Waals surface area contributed by atoms with Crippen molar-refractivity contribution in [2.75, 3.05) is 13.7 Å². The van der Waals surface area contributed by atoms with E-state index in [1.807, 2.05) is 0 Å². The highest BCUT2D eigenvalue weighted by atomic mass is 16.5. The van der Waals surface area contributed by atoms with Crippen molar-refractivity contribution in [2.45, 2.75) is 38.1 Å². The van der Waals surface area contributed by atoms with Crippen LogP contribution in [0.25, 0.3) is 0 Å². The smallest absolute Gasteiger partial charge is 0.223 e. The fourth-order valence-corrected chi connectivity index (χ4v) is 4.95. The molecule has 4 rings (SSSR count). The van der Waals surface area contributed by atoms with Crippen molar-refractivity contribution < 1.29 is 9.53 Å². The largest absolute Gasteiger partial charge is 0.497 e. The second kappa shape index (κ2) is 4.00. The SMILES string of the molecule is COc1ccc2c(c1)CCN1C(=O)CC3CC(C)CC231. The Balaban J connectivity index is 1.89. The predicted octanol–water partition coefficient (Wildman–Crippen LogP) is 2.73. The topological polar surface area (TPSA) is 29.5 Å². The molecule has 3 heteroatoms. The van der Waals surface area contributed by atoms with Gasteiger partial charge in [0.25, 0.3) is 0 Å². The second-order valence-electron chi connectivity index (χ2n) is 6.69. The van der Waals surface area contributed by atoms with Crippen LogP contribution >= 0.6 is 0 Å². The molecule has 3 atom stereocenters. The highest BCUT2D eigenvalue weighted by molar-refractivity contribution is 5.82. The molecular formula is C17H21NO2. The Bertz CT molecular complexity index is 582. The van der Waals surface area contributed by atoms with Crippen molar-refractivity contribution in [3.05, 3.63) is 29.3 Å². The molecule has 0 aromatic heterocycles. The third-order valence-corrected chi connectivity index (χ3v) is 5.61. The number of hydrogen-bond donors (Lipinski definition) is 0. The van der Waals surface area contributed by atoms with Gasteiger partial charge in [-0.3, -0.25) is 4.79 Å². The summed E-state index contributed by atoms with van der Waals surface area (Å²) in [5, 5.41) is 0. The minimum atomic E-state index is -0.00362. The quantitative estimate of drug-likeness (QED) is 0.786. The van der Waals surface area contributed by atoms with Crippen LogP contribution in [0, 0.1) is 11.8 Å². The molecule has 3 nitrogen and oxygen atoms in total. The van der Waals surface area contributed by atoms with E-state index in [2.05, 4.69) is 30.0 Å². The van der Waals surface area contributed by atoms with Crippen molar-refractivity contribution >= 4 is 5.91 Å². The van der Waals surface area contributed by atoms with Crippen molar-refractivity contribution in [3.63, 3.8) is 0 Å². The summed E-state index contributed by atoms with van der Waals surface area (Å²) in [7, 11) is 1.72. The van der Waals surface area contributed by atoms with E-state index in [4.69, 9.17) is 4.74 Å². The summed E-state index contributed by atoms with van der Waals surface area (Å²) >= 11 is 0. The average Bonchev–Trinajstić information content (AvgIpc) is 2.88. The molecule has 20 heavy (non-hydrogen) atoms. The monoisotopic (exact) mass is 271 g/mol. The number of carbonyl (C=O) groups excluding carboxylic acids is 1. The van der Waals surface area contributed by atoms with Gasteiger partial charge in [0.15, 0.2) is 0 Å². The first kappa shape index (κ1) is 12.2. The summed E-state index contributed by atoms with van der Waals surface area (Å²) in [5.74, 6) is 2.52. The Morgan fingerprint density at radius 3 is 3.05 bits per heavy atom. The van der Waals surface area contributed by atoms with E-state index in [-0.39, 0.29) is 5.54 Å². The lowest BCUT2D eigenvalue weighted by Gasteiger charge is -2.44. The molecule has 1 aliphatic carbocycles. The summed E-state index contributed by atoms with van der Waals surface area (Å²) in [4.78, 5) is 14.5. The minimum absolute atomic E-state index is 0.00362. The van der Waals surface area contributed by atoms with Crippen LogP contribution in [-0.2, 0) is 16.8 Å². The van der Waals surface area contributed by atoms with Gasteiger partial charge in [-0.1, -0.05) is 13.0 Å². The molecule has 2 heterocycles. The lowest BCUT2D eigenvalue weighted by molar-refractivity contribution is -0.132. The van der Waals surface area contributed by atoms with Gasteiger partial charge in [0.2, 0.25) is 5.91 Å². The number of fused-ring (bicyclic) bond motifs is 1. The Morgan fingerprint density at radius 1 is 1.40 bits per heavy atom. The zero-order valence-corrected chi connectivity index (χ0v) is 12.2. The van der Waals surface area contributed by atoms with Gasteiger partial charge >= 0.3 is 0 Å². The van der Waals surface area contributed by atoms with Gasteiger partial charge in [-0.25, -0.2) is 0 Å². The van der Waals surface area contributed by atoms with Crippen LogP contribution in [0.1, 0.15) is 37.3 Å². The average molecular weight is 271 g/mol. The van der Waals surface area contributed by atoms with Gasteiger partial charge in [-0.05, 0) is 54.4 Å². The number of rotatable bonds is 1. The standard InChI is InChI=1S/C17H21NO2/c1-11-7-13-9-16(19)18-6-5-12-8-14(20-2)3-4-15(12)17(13,18)10-11/h3-4,8,11,13H,5-7,9-10H2,1-2H3. The van der Waals surface area contributed by atoms with E-state index in [1.165, 1.54) is 17.5 Å². The molecule has 3 unspecified atom stereocenters. The third-order valence-electron chi connectivity index (χ3n) is 5.61. The second-order valence-corrected chi connectivity index (χ2v) is 6.69. The zero-order chi connectivity index (χ0) is 13.9. The molecule has 1 saturated heterocycles. The fraction of sp³-hybridized carbons (Fsp3) is 0.588. The Hall–Kier alpha value is -1.51. The molecule has 2 aliphatic heterocycles. The number of benzene rings is 1. The molecule has 0 N–H and O–H groups in total. The maximum Gasteiger partial charge on any atom is 0.223 e. The van der Waals surface area contributed by atoms with E-state index in [1.54, 1.807) is 7.11 Å². The maximum absolute atomic E-state index is 12.4. The molecule has 1 saturated carbocycles. The molecule has 3 aliphatic rings. The highest BCUT2D eigenvalue weighted by Crippen LogP contribution is 2.58. The molecular weight excluding hydrogens is 250 g/mol. The maximum atomic E-state index is 12.4. The first-order valence-electron chi connectivity index (χ1n) is 7.63. The van der Waals surface area contributed by atoms with Crippen LogP contribution in [0.5, 0.6) is 5.75 Å². The van der Waals surface area contributed by atoms with Crippen LogP contribution in [0.15, 0.2) is 18.2 Å². The van der Waals surface area contributed by atoms with E-state index >= 15 is 0 Å². The van der Waals surface area contributed by atoms with Crippen molar-refractivity contribution in [2.24, 2.45) is 11.8 Å². The normalized spacial score (nSPS) is 34.7.